The molecule has 1 N–H and O–H groups in total. The fourth-order valence-corrected chi connectivity index (χ4v) is 2.09. The summed E-state index contributed by atoms with van der Waals surface area (Å²) in [6, 6.07) is 16.5. The summed E-state index contributed by atoms with van der Waals surface area (Å²) in [6.07, 6.45) is 2.91. The Balaban J connectivity index is 1.80. The molecule has 0 fully saturated rings. The Hall–Kier alpha value is -2.40. The summed E-state index contributed by atoms with van der Waals surface area (Å²) >= 11 is 3.38. The van der Waals surface area contributed by atoms with Gasteiger partial charge in [-0.05, 0) is 29.8 Å². The van der Waals surface area contributed by atoms with E-state index in [1.807, 2.05) is 42.5 Å². The molecule has 4 nitrogen and oxygen atoms in total. The third-order valence-electron chi connectivity index (χ3n) is 2.71. The van der Waals surface area contributed by atoms with Crippen LogP contribution in [0.4, 0.5) is 5.69 Å². The van der Waals surface area contributed by atoms with Gasteiger partial charge in [0.15, 0.2) is 6.61 Å². The average Bonchev–Trinajstić information content (AvgIpc) is 2.53. The van der Waals surface area contributed by atoms with Gasteiger partial charge in [-0.15, -0.1) is 0 Å². The zero-order valence-electron chi connectivity index (χ0n) is 11.7. The zero-order valence-corrected chi connectivity index (χ0v) is 13.2. The predicted molar refractivity (Wildman–Crippen MR) is 89.2 cm³/mol. The lowest BCUT2D eigenvalue weighted by Gasteiger charge is -2.04. The first-order valence-electron chi connectivity index (χ1n) is 6.59. The van der Waals surface area contributed by atoms with E-state index in [0.29, 0.717) is 5.69 Å². The van der Waals surface area contributed by atoms with Crippen LogP contribution in [0.25, 0.3) is 6.08 Å². The van der Waals surface area contributed by atoms with Crippen molar-refractivity contribution in [2.45, 2.75) is 0 Å². The third kappa shape index (κ3) is 5.18. The van der Waals surface area contributed by atoms with E-state index in [2.05, 4.69) is 21.2 Å². The fraction of sp³-hybridized carbons (Fsp3) is 0.0588. The standard InChI is InChI=1S/C17H14BrNO3/c18-15-9-5-4-6-13(15)10-11-17(21)22-12-16(20)19-14-7-2-1-3-8-14/h1-11H,12H2,(H,19,20)/b11-10+. The Kier molecular flexibility index (Phi) is 5.91. The number of anilines is 1. The monoisotopic (exact) mass is 359 g/mol. The van der Waals surface area contributed by atoms with Crippen molar-refractivity contribution in [1.29, 1.82) is 0 Å². The normalized spacial score (nSPS) is 10.4. The number of para-hydroxylation sites is 1. The summed E-state index contributed by atoms with van der Waals surface area (Å²) in [4.78, 5) is 23.2. The SMILES string of the molecule is O=C(COC(=O)/C=C/c1ccccc1Br)Nc1ccccc1. The van der Waals surface area contributed by atoms with Gasteiger partial charge in [0.2, 0.25) is 0 Å². The first-order valence-corrected chi connectivity index (χ1v) is 7.39. The molecule has 1 amide bonds. The molecule has 0 heterocycles. The number of carbonyl (C=O) groups is 2. The molecule has 0 aliphatic heterocycles. The summed E-state index contributed by atoms with van der Waals surface area (Å²) in [5.74, 6) is -0.951. The van der Waals surface area contributed by atoms with E-state index in [1.165, 1.54) is 6.08 Å². The van der Waals surface area contributed by atoms with Gasteiger partial charge >= 0.3 is 5.97 Å². The summed E-state index contributed by atoms with van der Waals surface area (Å²) in [7, 11) is 0. The van der Waals surface area contributed by atoms with Crippen molar-refractivity contribution in [2.24, 2.45) is 0 Å². The van der Waals surface area contributed by atoms with Crippen molar-refractivity contribution in [3.05, 3.63) is 70.7 Å². The molecule has 0 saturated carbocycles. The van der Waals surface area contributed by atoms with Gasteiger partial charge in [0.05, 0.1) is 0 Å². The Morgan fingerprint density at radius 3 is 2.45 bits per heavy atom. The minimum absolute atomic E-state index is 0.325. The van der Waals surface area contributed by atoms with Gasteiger partial charge < -0.3 is 10.1 Å². The fourth-order valence-electron chi connectivity index (χ4n) is 1.67. The molecule has 0 radical (unpaired) electrons. The third-order valence-corrected chi connectivity index (χ3v) is 3.43. The van der Waals surface area contributed by atoms with Crippen LogP contribution in [0.15, 0.2) is 65.1 Å². The lowest BCUT2D eigenvalue weighted by molar-refractivity contribution is -0.142. The number of amides is 1. The summed E-state index contributed by atoms with van der Waals surface area (Å²) in [5, 5.41) is 2.63. The number of carbonyl (C=O) groups excluding carboxylic acids is 2. The van der Waals surface area contributed by atoms with Crippen molar-refractivity contribution in [3.63, 3.8) is 0 Å². The molecule has 2 aromatic carbocycles. The summed E-state index contributed by atoms with van der Waals surface area (Å²) in [6.45, 7) is -0.325. The maximum atomic E-state index is 11.6. The van der Waals surface area contributed by atoms with Crippen molar-refractivity contribution in [2.75, 3.05) is 11.9 Å². The van der Waals surface area contributed by atoms with Gasteiger partial charge in [0.25, 0.3) is 5.91 Å². The second-order valence-electron chi connectivity index (χ2n) is 4.38. The number of hydrogen-bond donors (Lipinski definition) is 1. The van der Waals surface area contributed by atoms with E-state index >= 15 is 0 Å². The highest BCUT2D eigenvalue weighted by Crippen LogP contribution is 2.17. The van der Waals surface area contributed by atoms with Crippen LogP contribution < -0.4 is 5.32 Å². The van der Waals surface area contributed by atoms with Crippen LogP contribution in [-0.2, 0) is 14.3 Å². The minimum atomic E-state index is -0.570. The van der Waals surface area contributed by atoms with E-state index in [4.69, 9.17) is 4.74 Å². The van der Waals surface area contributed by atoms with Crippen molar-refractivity contribution >= 4 is 39.6 Å². The van der Waals surface area contributed by atoms with Gasteiger partial charge in [0.1, 0.15) is 0 Å². The highest BCUT2D eigenvalue weighted by Gasteiger charge is 2.05. The summed E-state index contributed by atoms with van der Waals surface area (Å²) < 4.78 is 5.76. The first kappa shape index (κ1) is 16.0. The van der Waals surface area contributed by atoms with Crippen LogP contribution in [-0.4, -0.2) is 18.5 Å². The summed E-state index contributed by atoms with van der Waals surface area (Å²) in [5.41, 5.74) is 1.51. The average molecular weight is 360 g/mol. The van der Waals surface area contributed by atoms with Gasteiger partial charge in [0, 0.05) is 16.2 Å². The molecule has 5 heteroatoms. The molecule has 0 aliphatic carbocycles. The maximum absolute atomic E-state index is 11.6. The van der Waals surface area contributed by atoms with E-state index < -0.39 is 5.97 Å². The van der Waals surface area contributed by atoms with E-state index in [-0.39, 0.29) is 12.5 Å². The number of benzene rings is 2. The van der Waals surface area contributed by atoms with Gasteiger partial charge in [-0.3, -0.25) is 4.79 Å². The smallest absolute Gasteiger partial charge is 0.331 e. The first-order chi connectivity index (χ1) is 10.6. The molecule has 0 unspecified atom stereocenters. The second kappa shape index (κ2) is 8.14. The minimum Gasteiger partial charge on any atom is -0.452 e. The van der Waals surface area contributed by atoms with Crippen molar-refractivity contribution < 1.29 is 14.3 Å². The number of halogens is 1. The van der Waals surface area contributed by atoms with Crippen LogP contribution in [0, 0.1) is 0 Å². The lowest BCUT2D eigenvalue weighted by Crippen LogP contribution is -2.20. The Morgan fingerprint density at radius 2 is 1.73 bits per heavy atom. The maximum Gasteiger partial charge on any atom is 0.331 e. The largest absolute Gasteiger partial charge is 0.452 e. The Bertz CT molecular complexity index is 683. The van der Waals surface area contributed by atoms with E-state index in [0.717, 1.165) is 10.0 Å². The molecular weight excluding hydrogens is 346 g/mol. The van der Waals surface area contributed by atoms with E-state index in [1.54, 1.807) is 18.2 Å². The molecule has 0 aromatic heterocycles. The van der Waals surface area contributed by atoms with Crippen LogP contribution >= 0.6 is 15.9 Å². The van der Waals surface area contributed by atoms with Crippen LogP contribution in [0.1, 0.15) is 5.56 Å². The second-order valence-corrected chi connectivity index (χ2v) is 5.23. The van der Waals surface area contributed by atoms with Crippen molar-refractivity contribution in [1.82, 2.24) is 0 Å². The molecule has 0 atom stereocenters. The van der Waals surface area contributed by atoms with Crippen LogP contribution in [0.2, 0.25) is 0 Å². The quantitative estimate of drug-likeness (QED) is 0.654. The highest BCUT2D eigenvalue weighted by molar-refractivity contribution is 9.10. The van der Waals surface area contributed by atoms with Gasteiger partial charge in [-0.25, -0.2) is 4.79 Å². The number of rotatable bonds is 5. The number of nitrogens with one attached hydrogen (secondary N) is 1. The molecule has 0 aliphatic rings. The molecule has 2 aromatic rings. The van der Waals surface area contributed by atoms with Crippen LogP contribution in [0.3, 0.4) is 0 Å². The molecule has 112 valence electrons. The van der Waals surface area contributed by atoms with Crippen LogP contribution in [0.5, 0.6) is 0 Å². The van der Waals surface area contributed by atoms with Gasteiger partial charge in [-0.1, -0.05) is 52.3 Å². The van der Waals surface area contributed by atoms with E-state index in [9.17, 15) is 9.59 Å². The molecule has 22 heavy (non-hydrogen) atoms. The number of ether oxygens (including phenoxy) is 1. The van der Waals surface area contributed by atoms with Gasteiger partial charge in [-0.2, -0.15) is 0 Å². The Labute approximate surface area is 136 Å². The number of esters is 1. The zero-order chi connectivity index (χ0) is 15.8. The molecule has 2 rings (SSSR count). The molecule has 0 saturated heterocycles. The lowest BCUT2D eigenvalue weighted by atomic mass is 10.2. The number of hydrogen-bond acceptors (Lipinski definition) is 3. The predicted octanol–water partition coefficient (Wildman–Crippen LogP) is 3.64. The topological polar surface area (TPSA) is 55.4 Å². The molecule has 0 spiro atoms. The highest BCUT2D eigenvalue weighted by atomic mass is 79.9. The van der Waals surface area contributed by atoms with Crippen molar-refractivity contribution in [3.8, 4) is 0 Å². The molecule has 0 bridgehead atoms. The molecular formula is C17H14BrNO3. The Morgan fingerprint density at radius 1 is 1.05 bits per heavy atom.